The van der Waals surface area contributed by atoms with Crippen LogP contribution in [-0.2, 0) is 27.9 Å². The average Bonchev–Trinajstić information content (AvgIpc) is 3.67. The summed E-state index contributed by atoms with van der Waals surface area (Å²) in [7, 11) is 6.31. The molecule has 5 nitrogen and oxygen atoms in total. The predicted molar refractivity (Wildman–Crippen MR) is 145 cm³/mol. The topological polar surface area (TPSA) is 36.9 Å². The number of quaternary nitrogens is 1. The Labute approximate surface area is 227 Å². The molecule has 4 bridgehead atoms. The zero-order valence-electron chi connectivity index (χ0n) is 23.2. The van der Waals surface area contributed by atoms with Gasteiger partial charge in [-0.3, -0.25) is 0 Å². The second-order valence-corrected chi connectivity index (χ2v) is 13.6. The number of likely N-dealkylation sites (N-methyl/N-ethyl adjacent to an activating group) is 1. The number of ether oxygens (including phenoxy) is 4. The van der Waals surface area contributed by atoms with E-state index in [4.69, 9.17) is 18.9 Å². The van der Waals surface area contributed by atoms with Crippen molar-refractivity contribution in [3.63, 3.8) is 0 Å². The molecule has 2 aromatic carbocycles. The van der Waals surface area contributed by atoms with E-state index in [1.54, 1.807) is 7.11 Å². The van der Waals surface area contributed by atoms with E-state index in [-0.39, 0.29) is 22.5 Å². The fraction of sp³-hybridized carbons (Fsp3) is 0.636. The number of methoxy groups -OCH3 is 2. The molecule has 2 heterocycles. The van der Waals surface area contributed by atoms with Crippen molar-refractivity contribution >= 4 is 0 Å². The number of nitrogens with zero attached hydrogens (tertiary/aromatic N) is 1. The van der Waals surface area contributed by atoms with E-state index in [1.807, 2.05) is 7.11 Å². The highest BCUT2D eigenvalue weighted by Gasteiger charge is 2.83. The molecule has 1 saturated heterocycles. The third-order valence-corrected chi connectivity index (χ3v) is 12.2. The van der Waals surface area contributed by atoms with Gasteiger partial charge in [0.2, 0.25) is 0 Å². The standard InChI is InChI=1S/C33H42NO4/c1-34(19-22-9-10-22)16-15-32-28-24-11-12-26(35-2)29(28)38-30(32)33(36-3)14-13-31(32,27(34)17-24)18-25(33)21-37-20-23-7-5-4-6-8-23/h4-8,11-12,22,25,27,30H,9-10,13-21H2,1-3H3/q+1/t25-,27-,30-,31-,32+,33-,34?/m1/s1. The van der Waals surface area contributed by atoms with Gasteiger partial charge in [0.05, 0.1) is 51.9 Å². The molecule has 38 heavy (non-hydrogen) atoms. The summed E-state index contributed by atoms with van der Waals surface area (Å²) in [5.41, 5.74) is 4.12. The number of rotatable bonds is 8. The van der Waals surface area contributed by atoms with Gasteiger partial charge >= 0.3 is 0 Å². The van der Waals surface area contributed by atoms with Gasteiger partial charge < -0.3 is 23.4 Å². The summed E-state index contributed by atoms with van der Waals surface area (Å²) in [6.07, 6.45) is 8.68. The molecule has 2 spiro atoms. The minimum Gasteiger partial charge on any atom is -0.493 e. The smallest absolute Gasteiger partial charge is 0.165 e. The van der Waals surface area contributed by atoms with Crippen LogP contribution in [0.15, 0.2) is 42.5 Å². The zero-order chi connectivity index (χ0) is 25.8. The molecular formula is C33H42NO4+. The van der Waals surface area contributed by atoms with Gasteiger partial charge in [-0.2, -0.15) is 0 Å². The Hall–Kier alpha value is -2.08. The normalized spacial score (nSPS) is 41.5. The van der Waals surface area contributed by atoms with Gasteiger partial charge in [-0.25, -0.2) is 0 Å². The van der Waals surface area contributed by atoms with Gasteiger partial charge in [0.25, 0.3) is 0 Å². The SMILES string of the molecule is COc1ccc2c3c1O[C@H]1[C@@]4(OC)CC[C@@]5(C[C@@H]4COCc4ccccc4)[C@@H](C2)[N+](C)(CC2CC2)CC[C@]315. The summed E-state index contributed by atoms with van der Waals surface area (Å²) < 4.78 is 27.5. The van der Waals surface area contributed by atoms with Crippen LogP contribution in [0, 0.1) is 17.3 Å². The molecule has 0 amide bonds. The van der Waals surface area contributed by atoms with Crippen LogP contribution in [0.2, 0.25) is 0 Å². The average molecular weight is 517 g/mol. The van der Waals surface area contributed by atoms with Crippen LogP contribution < -0.4 is 9.47 Å². The number of benzene rings is 2. The fourth-order valence-electron chi connectivity index (χ4n) is 10.5. The van der Waals surface area contributed by atoms with Crippen LogP contribution in [0.25, 0.3) is 0 Å². The van der Waals surface area contributed by atoms with Crippen LogP contribution in [0.5, 0.6) is 11.5 Å². The Kier molecular flexibility index (Phi) is 5.00. The monoisotopic (exact) mass is 516 g/mol. The van der Waals surface area contributed by atoms with Crippen molar-refractivity contribution in [1.82, 2.24) is 0 Å². The van der Waals surface area contributed by atoms with Crippen molar-refractivity contribution in [2.75, 3.05) is 41.0 Å². The fourth-order valence-corrected chi connectivity index (χ4v) is 10.5. The van der Waals surface area contributed by atoms with Crippen LogP contribution in [-0.4, -0.2) is 63.2 Å². The highest BCUT2D eigenvalue weighted by atomic mass is 16.6. The second kappa shape index (κ2) is 7.99. The number of hydrogen-bond acceptors (Lipinski definition) is 4. The van der Waals surface area contributed by atoms with Gasteiger partial charge in [-0.15, -0.1) is 0 Å². The Bertz CT molecular complexity index is 1260. The maximum atomic E-state index is 7.17. The van der Waals surface area contributed by atoms with Gasteiger partial charge in [0, 0.05) is 42.8 Å². The first-order chi connectivity index (χ1) is 18.5. The van der Waals surface area contributed by atoms with E-state index in [1.165, 1.54) is 66.4 Å². The lowest BCUT2D eigenvalue weighted by Gasteiger charge is -2.74. The van der Waals surface area contributed by atoms with E-state index in [0.717, 1.165) is 36.9 Å². The summed E-state index contributed by atoms with van der Waals surface area (Å²) in [5.74, 6) is 3.15. The van der Waals surface area contributed by atoms with E-state index in [9.17, 15) is 0 Å². The molecule has 7 atom stereocenters. The first-order valence-corrected chi connectivity index (χ1v) is 14.9. The Morgan fingerprint density at radius 1 is 1.03 bits per heavy atom. The maximum Gasteiger partial charge on any atom is 0.165 e. The molecule has 0 radical (unpaired) electrons. The van der Waals surface area contributed by atoms with Crippen LogP contribution in [0.4, 0.5) is 0 Å². The van der Waals surface area contributed by atoms with Gasteiger partial charge in [-0.05, 0) is 49.3 Å². The summed E-state index contributed by atoms with van der Waals surface area (Å²) in [6, 6.07) is 15.7. The summed E-state index contributed by atoms with van der Waals surface area (Å²) in [4.78, 5) is 0. The summed E-state index contributed by atoms with van der Waals surface area (Å²) in [5, 5.41) is 0. The van der Waals surface area contributed by atoms with Gasteiger partial charge in [0.1, 0.15) is 11.7 Å². The van der Waals surface area contributed by atoms with E-state index >= 15 is 0 Å². The molecule has 202 valence electrons. The third kappa shape index (κ3) is 2.83. The van der Waals surface area contributed by atoms with Gasteiger partial charge in [0.15, 0.2) is 11.5 Å². The molecule has 9 rings (SSSR count). The Morgan fingerprint density at radius 2 is 1.87 bits per heavy atom. The molecule has 0 aromatic heterocycles. The highest BCUT2D eigenvalue weighted by Crippen LogP contribution is 2.77. The quantitative estimate of drug-likeness (QED) is 0.448. The first kappa shape index (κ1) is 23.8. The number of fused-ring (bicyclic) bond motifs is 2. The second-order valence-electron chi connectivity index (χ2n) is 13.6. The molecule has 2 aliphatic heterocycles. The molecule has 2 aromatic rings. The molecule has 4 saturated carbocycles. The van der Waals surface area contributed by atoms with Gasteiger partial charge in [-0.1, -0.05) is 36.4 Å². The van der Waals surface area contributed by atoms with Crippen LogP contribution in [0.3, 0.4) is 0 Å². The minimum atomic E-state index is -0.334. The largest absolute Gasteiger partial charge is 0.493 e. The van der Waals surface area contributed by atoms with E-state index < -0.39 is 0 Å². The third-order valence-electron chi connectivity index (χ3n) is 12.2. The van der Waals surface area contributed by atoms with Crippen LogP contribution >= 0.6 is 0 Å². The lowest BCUT2D eigenvalue weighted by Crippen LogP contribution is -2.83. The molecule has 5 heteroatoms. The molecular weight excluding hydrogens is 474 g/mol. The van der Waals surface area contributed by atoms with Crippen molar-refractivity contribution in [1.29, 1.82) is 0 Å². The number of likely N-dealkylation sites (tertiary alicyclic amines) is 1. The molecule has 0 N–H and O–H groups in total. The van der Waals surface area contributed by atoms with Crippen molar-refractivity contribution in [2.24, 2.45) is 17.3 Å². The molecule has 5 fully saturated rings. The van der Waals surface area contributed by atoms with E-state index in [2.05, 4.69) is 49.5 Å². The summed E-state index contributed by atoms with van der Waals surface area (Å²) >= 11 is 0. The Morgan fingerprint density at radius 3 is 2.63 bits per heavy atom. The summed E-state index contributed by atoms with van der Waals surface area (Å²) in [6.45, 7) is 3.96. The van der Waals surface area contributed by atoms with Crippen molar-refractivity contribution < 1.29 is 23.4 Å². The maximum absolute atomic E-state index is 7.17. The lowest BCUT2D eigenvalue weighted by atomic mass is 9.34. The number of piperidine rings is 1. The van der Waals surface area contributed by atoms with Crippen molar-refractivity contribution in [3.05, 3.63) is 59.2 Å². The van der Waals surface area contributed by atoms with E-state index in [0.29, 0.717) is 18.6 Å². The molecule has 5 aliphatic carbocycles. The van der Waals surface area contributed by atoms with Crippen LogP contribution in [0.1, 0.15) is 55.2 Å². The minimum absolute atomic E-state index is 0.0145. The molecule has 1 unspecified atom stereocenters. The Balaban J connectivity index is 1.24. The molecule has 7 aliphatic rings. The first-order valence-electron chi connectivity index (χ1n) is 14.9. The lowest BCUT2D eigenvalue weighted by molar-refractivity contribution is -0.952. The van der Waals surface area contributed by atoms with Crippen molar-refractivity contribution in [3.8, 4) is 11.5 Å². The zero-order valence-corrected chi connectivity index (χ0v) is 23.2. The number of hydrogen-bond donors (Lipinski definition) is 0. The predicted octanol–water partition coefficient (Wildman–Crippen LogP) is 5.28. The highest BCUT2D eigenvalue weighted by molar-refractivity contribution is 5.63. The van der Waals surface area contributed by atoms with Crippen molar-refractivity contribution in [2.45, 2.75) is 74.7 Å².